The first-order chi connectivity index (χ1) is 6.75. The van der Waals surface area contributed by atoms with Crippen molar-refractivity contribution in [3.8, 4) is 0 Å². The summed E-state index contributed by atoms with van der Waals surface area (Å²) in [7, 11) is 0. The zero-order chi connectivity index (χ0) is 10.4. The first-order valence-electron chi connectivity index (χ1n) is 5.07. The van der Waals surface area contributed by atoms with Crippen LogP contribution in [0.25, 0.3) is 0 Å². The molecule has 0 aromatic carbocycles. The molecule has 0 atom stereocenters. The molecule has 0 bridgehead atoms. The summed E-state index contributed by atoms with van der Waals surface area (Å²) < 4.78 is 0. The number of hydrogen-bond acceptors (Lipinski definition) is 0. The van der Waals surface area contributed by atoms with E-state index in [1.807, 2.05) is 25.2 Å². The highest BCUT2D eigenvalue weighted by molar-refractivity contribution is 5.36. The third-order valence-corrected chi connectivity index (χ3v) is 2.42. The average Bonchev–Trinajstić information content (AvgIpc) is 2.48. The third-order valence-electron chi connectivity index (χ3n) is 2.42. The lowest BCUT2D eigenvalue weighted by molar-refractivity contribution is 0.917. The molecule has 0 unspecified atom stereocenters. The standard InChI is InChI=1S/C14H18/c1-4-5-6-7-8-9-14-12(2)10-11-13(14)3/h4-11,14H,1-3H3/b5-4+,7-6-,9-8-. The molecule has 74 valence electrons. The summed E-state index contributed by atoms with van der Waals surface area (Å²) in [6.07, 6.45) is 16.9. The van der Waals surface area contributed by atoms with Crippen molar-refractivity contribution in [1.82, 2.24) is 0 Å². The Balaban J connectivity index is 2.52. The maximum Gasteiger partial charge on any atom is 0.0190 e. The zero-order valence-corrected chi connectivity index (χ0v) is 9.20. The van der Waals surface area contributed by atoms with Gasteiger partial charge in [0.2, 0.25) is 0 Å². The Labute approximate surface area is 87.0 Å². The molecular formula is C14H18. The van der Waals surface area contributed by atoms with Gasteiger partial charge in [-0.05, 0) is 20.8 Å². The van der Waals surface area contributed by atoms with Gasteiger partial charge in [0.15, 0.2) is 0 Å². The molecule has 0 amide bonds. The van der Waals surface area contributed by atoms with Crippen LogP contribution < -0.4 is 0 Å². The van der Waals surface area contributed by atoms with E-state index in [9.17, 15) is 0 Å². The van der Waals surface area contributed by atoms with Crippen LogP contribution in [0.4, 0.5) is 0 Å². The molecule has 0 saturated heterocycles. The van der Waals surface area contributed by atoms with Crippen molar-refractivity contribution in [1.29, 1.82) is 0 Å². The maximum atomic E-state index is 2.24. The Bertz CT molecular complexity index is 304. The van der Waals surface area contributed by atoms with Gasteiger partial charge in [0.1, 0.15) is 0 Å². The van der Waals surface area contributed by atoms with Crippen LogP contribution in [0.1, 0.15) is 20.8 Å². The van der Waals surface area contributed by atoms with E-state index in [1.165, 1.54) is 11.1 Å². The molecule has 0 heteroatoms. The van der Waals surface area contributed by atoms with Gasteiger partial charge >= 0.3 is 0 Å². The minimum absolute atomic E-state index is 0.519. The lowest BCUT2D eigenvalue weighted by Gasteiger charge is -2.07. The van der Waals surface area contributed by atoms with Gasteiger partial charge in [-0.1, -0.05) is 59.8 Å². The van der Waals surface area contributed by atoms with E-state index in [0.29, 0.717) is 5.92 Å². The smallest absolute Gasteiger partial charge is 0.0190 e. The quantitative estimate of drug-likeness (QED) is 0.579. The van der Waals surface area contributed by atoms with Gasteiger partial charge in [0, 0.05) is 5.92 Å². The minimum Gasteiger partial charge on any atom is -0.0877 e. The highest BCUT2D eigenvalue weighted by Gasteiger charge is 2.12. The Morgan fingerprint density at radius 1 is 0.929 bits per heavy atom. The molecule has 0 heterocycles. The summed E-state index contributed by atoms with van der Waals surface area (Å²) in [5.41, 5.74) is 2.86. The topological polar surface area (TPSA) is 0 Å². The third kappa shape index (κ3) is 2.88. The summed E-state index contributed by atoms with van der Waals surface area (Å²) in [5, 5.41) is 0. The molecule has 0 aromatic heterocycles. The fraction of sp³-hybridized carbons (Fsp3) is 0.286. The number of hydrogen-bond donors (Lipinski definition) is 0. The van der Waals surface area contributed by atoms with E-state index in [1.54, 1.807) is 0 Å². The number of rotatable bonds is 3. The van der Waals surface area contributed by atoms with Crippen molar-refractivity contribution in [2.45, 2.75) is 20.8 Å². The van der Waals surface area contributed by atoms with Crippen LogP contribution in [-0.4, -0.2) is 0 Å². The van der Waals surface area contributed by atoms with Gasteiger partial charge in [-0.2, -0.15) is 0 Å². The second-order valence-corrected chi connectivity index (χ2v) is 3.59. The Morgan fingerprint density at radius 3 is 2.07 bits per heavy atom. The monoisotopic (exact) mass is 186 g/mol. The van der Waals surface area contributed by atoms with E-state index in [4.69, 9.17) is 0 Å². The average molecular weight is 186 g/mol. The van der Waals surface area contributed by atoms with Crippen LogP contribution in [0, 0.1) is 5.92 Å². The van der Waals surface area contributed by atoms with Crippen molar-refractivity contribution in [3.05, 3.63) is 59.8 Å². The van der Waals surface area contributed by atoms with E-state index < -0.39 is 0 Å². The van der Waals surface area contributed by atoms with Crippen molar-refractivity contribution < 1.29 is 0 Å². The second kappa shape index (κ2) is 5.43. The van der Waals surface area contributed by atoms with Crippen LogP contribution in [0.5, 0.6) is 0 Å². The van der Waals surface area contributed by atoms with Gasteiger partial charge in [-0.3, -0.25) is 0 Å². The van der Waals surface area contributed by atoms with Gasteiger partial charge in [-0.25, -0.2) is 0 Å². The normalized spacial score (nSPS) is 18.8. The van der Waals surface area contributed by atoms with Gasteiger partial charge in [-0.15, -0.1) is 0 Å². The SMILES string of the molecule is C/C=C/C=C\C=C/C1C(C)=CC=C1C. The van der Waals surface area contributed by atoms with Crippen LogP contribution in [0.15, 0.2) is 59.8 Å². The molecule has 1 rings (SSSR count). The Morgan fingerprint density at radius 2 is 1.50 bits per heavy atom. The summed E-state index contributed by atoms with van der Waals surface area (Å²) in [6, 6.07) is 0. The van der Waals surface area contributed by atoms with Gasteiger partial charge < -0.3 is 0 Å². The second-order valence-electron chi connectivity index (χ2n) is 3.59. The highest BCUT2D eigenvalue weighted by atomic mass is 14.2. The summed E-state index contributed by atoms with van der Waals surface area (Å²) >= 11 is 0. The summed E-state index contributed by atoms with van der Waals surface area (Å²) in [6.45, 7) is 6.38. The molecule has 0 aliphatic heterocycles. The lowest BCUT2D eigenvalue weighted by Crippen LogP contribution is -1.94. The van der Waals surface area contributed by atoms with Gasteiger partial charge in [0.05, 0.1) is 0 Å². The predicted octanol–water partition coefficient (Wildman–Crippen LogP) is 4.20. The fourth-order valence-electron chi connectivity index (χ4n) is 1.55. The number of allylic oxidation sites excluding steroid dienone is 10. The zero-order valence-electron chi connectivity index (χ0n) is 9.20. The van der Waals surface area contributed by atoms with Crippen molar-refractivity contribution >= 4 is 0 Å². The van der Waals surface area contributed by atoms with Crippen molar-refractivity contribution in [3.63, 3.8) is 0 Å². The fourth-order valence-corrected chi connectivity index (χ4v) is 1.55. The molecule has 14 heavy (non-hydrogen) atoms. The van der Waals surface area contributed by atoms with Crippen LogP contribution in [-0.2, 0) is 0 Å². The highest BCUT2D eigenvalue weighted by Crippen LogP contribution is 2.26. The lowest BCUT2D eigenvalue weighted by atomic mass is 9.97. The Hall–Kier alpha value is -1.30. The molecule has 1 aliphatic carbocycles. The predicted molar refractivity (Wildman–Crippen MR) is 64.1 cm³/mol. The first-order valence-corrected chi connectivity index (χ1v) is 5.07. The molecule has 0 saturated carbocycles. The molecule has 0 radical (unpaired) electrons. The molecule has 1 aliphatic rings. The van der Waals surface area contributed by atoms with Crippen LogP contribution in [0.3, 0.4) is 0 Å². The van der Waals surface area contributed by atoms with Gasteiger partial charge in [0.25, 0.3) is 0 Å². The van der Waals surface area contributed by atoms with E-state index in [2.05, 4.69) is 44.2 Å². The molecule has 0 spiro atoms. The summed E-state index contributed by atoms with van der Waals surface area (Å²) in [4.78, 5) is 0. The maximum absolute atomic E-state index is 2.24. The van der Waals surface area contributed by atoms with Crippen molar-refractivity contribution in [2.75, 3.05) is 0 Å². The molecule has 0 nitrogen and oxygen atoms in total. The Kier molecular flexibility index (Phi) is 4.18. The molecule has 0 N–H and O–H groups in total. The molecule has 0 aromatic rings. The first kappa shape index (κ1) is 10.8. The molecular weight excluding hydrogens is 168 g/mol. The molecule has 0 fully saturated rings. The van der Waals surface area contributed by atoms with Crippen LogP contribution >= 0.6 is 0 Å². The van der Waals surface area contributed by atoms with E-state index in [0.717, 1.165) is 0 Å². The van der Waals surface area contributed by atoms with E-state index >= 15 is 0 Å². The largest absolute Gasteiger partial charge is 0.0877 e. The van der Waals surface area contributed by atoms with Crippen LogP contribution in [0.2, 0.25) is 0 Å². The summed E-state index contributed by atoms with van der Waals surface area (Å²) in [5.74, 6) is 0.519. The van der Waals surface area contributed by atoms with E-state index in [-0.39, 0.29) is 0 Å². The van der Waals surface area contributed by atoms with Crippen molar-refractivity contribution in [2.24, 2.45) is 5.92 Å². The minimum atomic E-state index is 0.519.